The number of hydrogen-bond donors (Lipinski definition) is 1. The van der Waals surface area contributed by atoms with Crippen LogP contribution in [0.5, 0.6) is 11.5 Å². The average molecular weight is 481 g/mol. The van der Waals surface area contributed by atoms with E-state index in [4.69, 9.17) is 38.7 Å². The van der Waals surface area contributed by atoms with E-state index in [0.29, 0.717) is 27.4 Å². The third-order valence-corrected chi connectivity index (χ3v) is 6.34. The molecule has 2 aromatic heterocycles. The van der Waals surface area contributed by atoms with E-state index in [9.17, 15) is 0 Å². The molecule has 0 amide bonds. The second-order valence-corrected chi connectivity index (χ2v) is 8.97. The fourth-order valence-electron chi connectivity index (χ4n) is 4.08. The quantitative estimate of drug-likeness (QED) is 0.426. The van der Waals surface area contributed by atoms with E-state index in [-0.39, 0.29) is 5.82 Å². The predicted octanol–water partition coefficient (Wildman–Crippen LogP) is 5.31. The van der Waals surface area contributed by atoms with Crippen molar-refractivity contribution >= 4 is 29.0 Å². The summed E-state index contributed by atoms with van der Waals surface area (Å²) in [5, 5.41) is 5.17. The van der Waals surface area contributed by atoms with Crippen LogP contribution in [-0.2, 0) is 13.0 Å². The number of halogens is 2. The molecule has 4 aromatic rings. The molecule has 0 radical (unpaired) electrons. The van der Waals surface area contributed by atoms with Crippen molar-refractivity contribution in [2.24, 2.45) is 0 Å². The van der Waals surface area contributed by atoms with Gasteiger partial charge in [0.15, 0.2) is 23.1 Å². The van der Waals surface area contributed by atoms with Gasteiger partial charge < -0.3 is 15.4 Å². The van der Waals surface area contributed by atoms with Gasteiger partial charge in [0.2, 0.25) is 0 Å². The highest BCUT2D eigenvalue weighted by atomic mass is 35.5. The van der Waals surface area contributed by atoms with Crippen LogP contribution in [0, 0.1) is 6.92 Å². The van der Waals surface area contributed by atoms with Gasteiger partial charge >= 0.3 is 0 Å². The number of nitrogens with two attached hydrogens (primary N) is 1. The molecule has 1 aliphatic heterocycles. The van der Waals surface area contributed by atoms with Crippen molar-refractivity contribution in [3.8, 4) is 28.6 Å². The summed E-state index contributed by atoms with van der Waals surface area (Å²) in [6.07, 6.45) is 5.96. The van der Waals surface area contributed by atoms with Crippen molar-refractivity contribution in [3.63, 3.8) is 0 Å². The number of anilines is 1. The lowest BCUT2D eigenvalue weighted by Gasteiger charge is -2.27. The molecule has 168 valence electrons. The summed E-state index contributed by atoms with van der Waals surface area (Å²) in [6, 6.07) is 9.52. The Hall–Kier alpha value is -3.13. The summed E-state index contributed by atoms with van der Waals surface area (Å²) >= 11 is 12.4. The average Bonchev–Trinajstić information content (AvgIpc) is 3.25. The van der Waals surface area contributed by atoms with Gasteiger partial charge in [0, 0.05) is 18.7 Å². The minimum absolute atomic E-state index is 0.263. The van der Waals surface area contributed by atoms with Crippen molar-refractivity contribution in [2.45, 2.75) is 19.9 Å². The molecule has 0 spiro atoms. The Morgan fingerprint density at radius 2 is 1.91 bits per heavy atom. The van der Waals surface area contributed by atoms with E-state index in [2.05, 4.69) is 41.1 Å². The number of benzene rings is 2. The lowest BCUT2D eigenvalue weighted by molar-refractivity contribution is 0.312. The van der Waals surface area contributed by atoms with Gasteiger partial charge in [-0.15, -0.1) is 0 Å². The summed E-state index contributed by atoms with van der Waals surface area (Å²) in [4.78, 5) is 11.5. The lowest BCUT2D eigenvalue weighted by atomic mass is 9.92. The molecule has 0 aliphatic carbocycles. The Labute approximate surface area is 201 Å². The molecule has 0 fully saturated rings. The van der Waals surface area contributed by atoms with Gasteiger partial charge in [0.1, 0.15) is 0 Å². The first kappa shape index (κ1) is 21.7. The molecule has 1 aliphatic rings. The first-order chi connectivity index (χ1) is 15.9. The minimum atomic E-state index is 0.263. The number of rotatable bonds is 4. The highest BCUT2D eigenvalue weighted by molar-refractivity contribution is 6.37. The Morgan fingerprint density at radius 3 is 2.70 bits per heavy atom. The van der Waals surface area contributed by atoms with E-state index in [0.717, 1.165) is 30.8 Å². The normalized spacial score (nSPS) is 13.7. The molecular weight excluding hydrogens is 459 g/mol. The number of para-hydroxylation sites is 1. The van der Waals surface area contributed by atoms with Gasteiger partial charge in [-0.1, -0.05) is 29.3 Å². The largest absolute Gasteiger partial charge is 0.451 e. The molecule has 0 saturated heterocycles. The molecule has 3 heterocycles. The summed E-state index contributed by atoms with van der Waals surface area (Å²) < 4.78 is 7.38. The molecule has 9 heteroatoms. The number of ether oxygens (including phenoxy) is 1. The number of likely N-dealkylation sites (N-methyl/N-ethyl adjacent to an activating group) is 1. The minimum Gasteiger partial charge on any atom is -0.451 e. The standard InChI is InChI=1S/C24H22Cl2N6O/c1-14-8-15(9-16-12-31(2)7-6-18(14)16)21-11-28-23(27)24(30-21)32-13-17(10-29-32)33-22-19(25)4-3-5-20(22)26/h3-5,8-11,13H,6-7,12H2,1-2H3,(H2,27,28). The van der Waals surface area contributed by atoms with E-state index >= 15 is 0 Å². The Kier molecular flexibility index (Phi) is 5.70. The molecule has 2 N–H and O–H groups in total. The number of nitrogens with zero attached hydrogens (tertiary/aromatic N) is 5. The van der Waals surface area contributed by atoms with Crippen LogP contribution in [0.2, 0.25) is 10.0 Å². The van der Waals surface area contributed by atoms with E-state index in [1.807, 2.05) is 0 Å². The lowest BCUT2D eigenvalue weighted by Crippen LogP contribution is -2.27. The number of aromatic nitrogens is 4. The van der Waals surface area contributed by atoms with Crippen LogP contribution in [0.25, 0.3) is 17.1 Å². The maximum atomic E-state index is 6.21. The molecule has 7 nitrogen and oxygen atoms in total. The summed E-state index contributed by atoms with van der Waals surface area (Å²) in [6.45, 7) is 4.14. The van der Waals surface area contributed by atoms with Crippen molar-refractivity contribution in [1.82, 2.24) is 24.6 Å². The number of aryl methyl sites for hydroxylation is 1. The van der Waals surface area contributed by atoms with Crippen molar-refractivity contribution in [1.29, 1.82) is 0 Å². The Bertz CT molecular complexity index is 1330. The topological polar surface area (TPSA) is 82.1 Å². The van der Waals surface area contributed by atoms with Crippen LogP contribution in [0.4, 0.5) is 5.82 Å². The molecule has 0 saturated carbocycles. The zero-order valence-electron chi connectivity index (χ0n) is 18.2. The summed E-state index contributed by atoms with van der Waals surface area (Å²) in [5.74, 6) is 1.49. The highest BCUT2D eigenvalue weighted by Gasteiger charge is 2.18. The van der Waals surface area contributed by atoms with E-state index in [1.165, 1.54) is 21.4 Å². The van der Waals surface area contributed by atoms with Crippen molar-refractivity contribution < 1.29 is 4.74 Å². The fourth-order valence-corrected chi connectivity index (χ4v) is 4.55. The maximum Gasteiger partial charge on any atom is 0.197 e. The Balaban J connectivity index is 1.48. The SMILES string of the molecule is Cc1cc(-c2cnc(N)c(-n3cc(Oc4c(Cl)cccc4Cl)cn3)n2)cc2c1CCN(C)C2. The predicted molar refractivity (Wildman–Crippen MR) is 130 cm³/mol. The van der Waals surface area contributed by atoms with Gasteiger partial charge in [-0.05, 0) is 61.3 Å². The molecule has 0 bridgehead atoms. The van der Waals surface area contributed by atoms with Crippen LogP contribution in [-0.4, -0.2) is 38.2 Å². The zero-order valence-corrected chi connectivity index (χ0v) is 19.7. The fraction of sp³-hybridized carbons (Fsp3) is 0.208. The maximum absolute atomic E-state index is 6.21. The first-order valence-corrected chi connectivity index (χ1v) is 11.3. The summed E-state index contributed by atoms with van der Waals surface area (Å²) in [5.41, 5.74) is 11.9. The van der Waals surface area contributed by atoms with Crippen LogP contribution < -0.4 is 10.5 Å². The molecule has 2 aromatic carbocycles. The van der Waals surface area contributed by atoms with Gasteiger partial charge in [-0.2, -0.15) is 5.10 Å². The van der Waals surface area contributed by atoms with Crippen molar-refractivity contribution in [3.05, 3.63) is 75.7 Å². The van der Waals surface area contributed by atoms with Crippen molar-refractivity contribution in [2.75, 3.05) is 19.3 Å². The third kappa shape index (κ3) is 4.27. The first-order valence-electron chi connectivity index (χ1n) is 10.5. The molecule has 0 unspecified atom stereocenters. The molecule has 5 rings (SSSR count). The van der Waals surface area contributed by atoms with Gasteiger partial charge in [0.05, 0.1) is 34.3 Å². The van der Waals surface area contributed by atoms with Gasteiger partial charge in [-0.3, -0.25) is 0 Å². The van der Waals surface area contributed by atoms with E-state index in [1.54, 1.807) is 36.8 Å². The molecular formula is C24H22Cl2N6O. The number of nitrogen functional groups attached to an aromatic ring is 1. The highest BCUT2D eigenvalue weighted by Crippen LogP contribution is 2.36. The molecule has 0 atom stereocenters. The van der Waals surface area contributed by atoms with Crippen LogP contribution in [0.15, 0.2) is 48.9 Å². The van der Waals surface area contributed by atoms with Gasteiger partial charge in [0.25, 0.3) is 0 Å². The monoisotopic (exact) mass is 480 g/mol. The molecule has 33 heavy (non-hydrogen) atoms. The van der Waals surface area contributed by atoms with Crippen LogP contribution in [0.1, 0.15) is 16.7 Å². The van der Waals surface area contributed by atoms with Crippen LogP contribution >= 0.6 is 23.2 Å². The number of fused-ring (bicyclic) bond motifs is 1. The Morgan fingerprint density at radius 1 is 1.12 bits per heavy atom. The van der Waals surface area contributed by atoms with Gasteiger partial charge in [-0.25, -0.2) is 14.6 Å². The second-order valence-electron chi connectivity index (χ2n) is 8.16. The zero-order chi connectivity index (χ0) is 23.1. The summed E-state index contributed by atoms with van der Waals surface area (Å²) in [7, 11) is 2.14. The van der Waals surface area contributed by atoms with Crippen LogP contribution in [0.3, 0.4) is 0 Å². The number of hydrogen-bond acceptors (Lipinski definition) is 6. The van der Waals surface area contributed by atoms with E-state index < -0.39 is 0 Å². The second kappa shape index (κ2) is 8.67. The smallest absolute Gasteiger partial charge is 0.197 e. The third-order valence-electron chi connectivity index (χ3n) is 5.74.